The van der Waals surface area contributed by atoms with Gasteiger partial charge in [0.15, 0.2) is 0 Å². The fourth-order valence-electron chi connectivity index (χ4n) is 2.08. The van der Waals surface area contributed by atoms with Crippen LogP contribution < -0.4 is 15.4 Å². The summed E-state index contributed by atoms with van der Waals surface area (Å²) in [4.78, 5) is 11.8. The molecule has 2 amide bonds. The number of nitrogens with zero attached hydrogens (tertiary/aromatic N) is 2. The molecule has 0 aliphatic carbocycles. The number of anilines is 1. The zero-order chi connectivity index (χ0) is 15.6. The lowest BCUT2D eigenvalue weighted by molar-refractivity contribution is 0.255. The number of rotatable bonds is 6. The molecule has 2 aliphatic rings. The summed E-state index contributed by atoms with van der Waals surface area (Å²) in [5.74, 6) is 2.34. The zero-order valence-electron chi connectivity index (χ0n) is 12.4. The van der Waals surface area contributed by atoms with Gasteiger partial charge >= 0.3 is 6.03 Å². The molecule has 118 valence electrons. The van der Waals surface area contributed by atoms with E-state index in [2.05, 4.69) is 10.6 Å². The minimum atomic E-state index is -2.56. The summed E-state index contributed by atoms with van der Waals surface area (Å²) in [6, 6.07) is 6.66. The van der Waals surface area contributed by atoms with Gasteiger partial charge < -0.3 is 15.4 Å². The summed E-state index contributed by atoms with van der Waals surface area (Å²) in [5.41, 5.74) is 0.659. The molecule has 2 aliphatic heterocycles. The normalized spacial score (nSPS) is 18.2. The van der Waals surface area contributed by atoms with Crippen molar-refractivity contribution in [2.24, 2.45) is 0 Å². The van der Waals surface area contributed by atoms with Crippen molar-refractivity contribution in [1.82, 2.24) is 14.7 Å². The number of benzene rings is 1. The van der Waals surface area contributed by atoms with Gasteiger partial charge in [-0.1, -0.05) is 0 Å². The first-order valence-corrected chi connectivity index (χ1v) is 8.80. The summed E-state index contributed by atoms with van der Waals surface area (Å²) in [5, 5.41) is 5.29. The molecule has 0 spiro atoms. The molecule has 22 heavy (non-hydrogen) atoms. The van der Waals surface area contributed by atoms with Crippen LogP contribution in [0, 0.1) is 0 Å². The molecular weight excluding hydrogens is 303 g/mol. The average molecular weight is 322 g/mol. The number of amides is 2. The largest absolute Gasteiger partial charge is 0.497 e. The predicted molar refractivity (Wildman–Crippen MR) is 85.0 cm³/mol. The molecule has 0 unspecified atom stereocenters. The van der Waals surface area contributed by atoms with Crippen molar-refractivity contribution in [3.05, 3.63) is 36.3 Å². The maximum Gasteiger partial charge on any atom is 0.323 e. The van der Waals surface area contributed by atoms with Gasteiger partial charge in [-0.2, -0.15) is 0 Å². The van der Waals surface area contributed by atoms with Crippen molar-refractivity contribution in [3.63, 3.8) is 0 Å². The van der Waals surface area contributed by atoms with E-state index in [1.165, 1.54) is 6.20 Å². The Morgan fingerprint density at radius 2 is 1.77 bits per heavy atom. The lowest BCUT2D eigenvalue weighted by Gasteiger charge is -2.15. The van der Waals surface area contributed by atoms with Crippen molar-refractivity contribution in [3.8, 4) is 5.75 Å². The van der Waals surface area contributed by atoms with E-state index in [0.717, 1.165) is 31.9 Å². The summed E-state index contributed by atoms with van der Waals surface area (Å²) >= 11 is 0. The highest BCUT2D eigenvalue weighted by Gasteiger charge is 2.45. The number of ether oxygens (including phenoxy) is 1. The molecule has 2 heterocycles. The van der Waals surface area contributed by atoms with Gasteiger partial charge in [0.25, 0.3) is 0 Å². The summed E-state index contributed by atoms with van der Waals surface area (Å²) in [7, 11) is -0.976. The van der Waals surface area contributed by atoms with E-state index in [-0.39, 0.29) is 6.03 Å². The van der Waals surface area contributed by atoms with Crippen LogP contribution in [-0.2, 0) is 4.57 Å². The highest BCUT2D eigenvalue weighted by Crippen LogP contribution is 2.61. The van der Waals surface area contributed by atoms with E-state index in [1.54, 1.807) is 37.2 Å². The first-order chi connectivity index (χ1) is 10.6. The van der Waals surface area contributed by atoms with Gasteiger partial charge in [-0.25, -0.2) is 14.1 Å². The minimum absolute atomic E-state index is 0.371. The smallest absolute Gasteiger partial charge is 0.323 e. The van der Waals surface area contributed by atoms with Gasteiger partial charge in [0.1, 0.15) is 5.75 Å². The molecule has 0 radical (unpaired) electrons. The predicted octanol–water partition coefficient (Wildman–Crippen LogP) is 2.11. The number of hydrogen-bond donors (Lipinski definition) is 2. The van der Waals surface area contributed by atoms with E-state index >= 15 is 0 Å². The molecule has 3 rings (SSSR count). The SMILES string of the molecule is COc1ccc(NC(=O)N/C=C/P(=O)(N2CC2)N2CC2)cc1. The van der Waals surface area contributed by atoms with E-state index in [0.29, 0.717) is 5.69 Å². The van der Waals surface area contributed by atoms with E-state index in [9.17, 15) is 9.36 Å². The topological polar surface area (TPSA) is 73.5 Å². The summed E-state index contributed by atoms with van der Waals surface area (Å²) in [6.07, 6.45) is 1.47. The average Bonchev–Trinajstić information content (AvgIpc) is 3.40. The molecule has 8 heteroatoms. The van der Waals surface area contributed by atoms with Crippen molar-refractivity contribution in [2.75, 3.05) is 38.6 Å². The molecule has 0 saturated carbocycles. The number of carbonyl (C=O) groups excluding carboxylic acids is 1. The second-order valence-corrected chi connectivity index (χ2v) is 7.75. The minimum Gasteiger partial charge on any atom is -0.497 e. The second kappa shape index (κ2) is 6.12. The molecule has 2 saturated heterocycles. The highest BCUT2D eigenvalue weighted by atomic mass is 31.2. The monoisotopic (exact) mass is 322 g/mol. The maximum atomic E-state index is 12.7. The van der Waals surface area contributed by atoms with Gasteiger partial charge in [-0.05, 0) is 24.3 Å². The van der Waals surface area contributed by atoms with Crippen LogP contribution in [-0.4, -0.2) is 48.7 Å². The van der Waals surface area contributed by atoms with Gasteiger partial charge in [-0.15, -0.1) is 0 Å². The molecule has 1 aromatic rings. The van der Waals surface area contributed by atoms with Crippen LogP contribution in [0.15, 0.2) is 36.3 Å². The zero-order valence-corrected chi connectivity index (χ0v) is 13.3. The Balaban J connectivity index is 1.53. The fourth-order valence-corrected chi connectivity index (χ4v) is 4.41. The van der Waals surface area contributed by atoms with E-state index in [1.807, 2.05) is 9.34 Å². The van der Waals surface area contributed by atoms with Crippen molar-refractivity contribution >= 4 is 19.2 Å². The van der Waals surface area contributed by atoms with Crippen molar-refractivity contribution in [2.45, 2.75) is 0 Å². The van der Waals surface area contributed by atoms with Gasteiger partial charge in [0.2, 0.25) is 7.44 Å². The van der Waals surface area contributed by atoms with Crippen molar-refractivity contribution < 1.29 is 14.1 Å². The third-order valence-electron chi connectivity index (χ3n) is 3.49. The Labute approximate surface area is 129 Å². The molecule has 1 aromatic carbocycles. The van der Waals surface area contributed by atoms with Gasteiger partial charge in [0, 0.05) is 43.9 Å². The molecule has 0 bridgehead atoms. The van der Waals surface area contributed by atoms with Crippen LogP contribution >= 0.6 is 7.44 Å². The van der Waals surface area contributed by atoms with Crippen LogP contribution in [0.25, 0.3) is 0 Å². The molecule has 0 aromatic heterocycles. The van der Waals surface area contributed by atoms with Crippen LogP contribution in [0.5, 0.6) is 5.75 Å². The molecular formula is C14H19N4O3P. The Kier molecular flexibility index (Phi) is 4.20. The Morgan fingerprint density at radius 1 is 1.18 bits per heavy atom. The Morgan fingerprint density at radius 3 is 2.27 bits per heavy atom. The molecule has 2 N–H and O–H groups in total. The van der Waals surface area contributed by atoms with Crippen LogP contribution in [0.2, 0.25) is 0 Å². The van der Waals surface area contributed by atoms with Crippen molar-refractivity contribution in [1.29, 1.82) is 0 Å². The quantitative estimate of drug-likeness (QED) is 0.620. The Hall–Kier alpha value is -1.82. The molecule has 7 nitrogen and oxygen atoms in total. The standard InChI is InChI=1S/C14H19N4O3P/c1-21-13-4-2-12(3-5-13)16-14(19)15-6-11-22(20,17-7-8-17)18-9-10-18/h2-6,11H,7-10H2,1H3,(H2,15,16,19)/b11-6+. The lowest BCUT2D eigenvalue weighted by atomic mass is 10.3. The number of hydrogen-bond acceptors (Lipinski definition) is 3. The molecule has 2 fully saturated rings. The Bertz CT molecular complexity index is 607. The highest BCUT2D eigenvalue weighted by molar-refractivity contribution is 7.62. The third kappa shape index (κ3) is 3.50. The van der Waals surface area contributed by atoms with Gasteiger partial charge in [0.05, 0.1) is 7.11 Å². The maximum absolute atomic E-state index is 12.7. The van der Waals surface area contributed by atoms with Crippen LogP contribution in [0.1, 0.15) is 0 Å². The second-order valence-electron chi connectivity index (χ2n) is 5.14. The number of carbonyl (C=O) groups is 1. The lowest BCUT2D eigenvalue weighted by Crippen LogP contribution is -2.23. The summed E-state index contributed by atoms with van der Waals surface area (Å²) in [6.45, 7) is 3.43. The summed E-state index contributed by atoms with van der Waals surface area (Å²) < 4.78 is 21.6. The number of methoxy groups -OCH3 is 1. The van der Waals surface area contributed by atoms with E-state index in [4.69, 9.17) is 4.74 Å². The van der Waals surface area contributed by atoms with Crippen LogP contribution in [0.4, 0.5) is 10.5 Å². The number of nitrogens with one attached hydrogen (secondary N) is 2. The first kappa shape index (κ1) is 15.1. The van der Waals surface area contributed by atoms with E-state index < -0.39 is 7.44 Å². The number of urea groups is 1. The first-order valence-electron chi connectivity index (χ1n) is 7.12. The third-order valence-corrected chi connectivity index (χ3v) is 6.45. The molecule has 0 atom stereocenters. The fraction of sp³-hybridized carbons (Fsp3) is 0.357. The van der Waals surface area contributed by atoms with Crippen LogP contribution in [0.3, 0.4) is 0 Å². The van der Waals surface area contributed by atoms with Gasteiger partial charge in [-0.3, -0.25) is 4.57 Å².